The zero-order chi connectivity index (χ0) is 23.1. The first-order valence-electron chi connectivity index (χ1n) is 11.9. The summed E-state index contributed by atoms with van der Waals surface area (Å²) in [5, 5.41) is 18.4. The molecule has 0 saturated carbocycles. The number of rotatable bonds is 4. The number of aromatic nitrogens is 4. The highest BCUT2D eigenvalue weighted by Gasteiger charge is 2.32. The van der Waals surface area contributed by atoms with Crippen LogP contribution in [-0.2, 0) is 13.0 Å². The fourth-order valence-corrected chi connectivity index (χ4v) is 5.65. The second-order valence-corrected chi connectivity index (χ2v) is 9.86. The van der Waals surface area contributed by atoms with E-state index in [4.69, 9.17) is 16.6 Å². The summed E-state index contributed by atoms with van der Waals surface area (Å²) in [5.41, 5.74) is 3.89. The number of amides is 1. The normalized spacial score (nSPS) is 22.2. The molecule has 2 N–H and O–H groups in total. The highest BCUT2D eigenvalue weighted by Crippen LogP contribution is 2.39. The lowest BCUT2D eigenvalue weighted by atomic mass is 9.95. The van der Waals surface area contributed by atoms with Crippen molar-refractivity contribution in [1.29, 1.82) is 0 Å². The van der Waals surface area contributed by atoms with Crippen molar-refractivity contribution < 1.29 is 9.90 Å². The third kappa shape index (κ3) is 4.10. The molecule has 2 aromatic heterocycles. The van der Waals surface area contributed by atoms with Gasteiger partial charge >= 0.3 is 6.09 Å². The molecule has 4 heterocycles. The van der Waals surface area contributed by atoms with Crippen LogP contribution >= 0.6 is 11.6 Å². The van der Waals surface area contributed by atoms with Crippen molar-refractivity contribution >= 4 is 34.4 Å². The van der Waals surface area contributed by atoms with Gasteiger partial charge in [-0.05, 0) is 64.3 Å². The fraction of sp³-hybridized carbons (Fsp3) is 0.542. The van der Waals surface area contributed by atoms with Gasteiger partial charge in [0, 0.05) is 29.8 Å². The van der Waals surface area contributed by atoms with Gasteiger partial charge in [-0.15, -0.1) is 0 Å². The van der Waals surface area contributed by atoms with Crippen molar-refractivity contribution in [3.05, 3.63) is 40.9 Å². The number of anilines is 1. The van der Waals surface area contributed by atoms with Crippen LogP contribution in [0.25, 0.3) is 11.0 Å². The Morgan fingerprint density at radius 1 is 1.30 bits per heavy atom. The number of carboxylic acid groups (broad SMARTS) is 1. The van der Waals surface area contributed by atoms with Crippen LogP contribution in [0.2, 0.25) is 5.02 Å². The molecule has 3 aromatic rings. The highest BCUT2D eigenvalue weighted by atomic mass is 35.5. The van der Waals surface area contributed by atoms with Gasteiger partial charge in [0.15, 0.2) is 0 Å². The summed E-state index contributed by atoms with van der Waals surface area (Å²) in [6, 6.07) is 4.38. The van der Waals surface area contributed by atoms with Crippen molar-refractivity contribution in [2.45, 2.75) is 70.5 Å². The Kier molecular flexibility index (Phi) is 6.05. The molecule has 1 saturated heterocycles. The van der Waals surface area contributed by atoms with Crippen LogP contribution in [0.1, 0.15) is 62.9 Å². The molecule has 0 aliphatic carbocycles. The topological polar surface area (TPSA) is 88.2 Å². The molecule has 1 fully saturated rings. The molecule has 0 spiro atoms. The lowest BCUT2D eigenvalue weighted by molar-refractivity contribution is 0.198. The van der Waals surface area contributed by atoms with Crippen LogP contribution in [0, 0.1) is 0 Å². The van der Waals surface area contributed by atoms with Crippen molar-refractivity contribution in [1.82, 2.24) is 24.6 Å². The van der Waals surface area contributed by atoms with Crippen LogP contribution in [0.4, 0.5) is 10.5 Å². The van der Waals surface area contributed by atoms with Crippen molar-refractivity contribution in [3.63, 3.8) is 0 Å². The van der Waals surface area contributed by atoms with Crippen LogP contribution in [0.15, 0.2) is 24.5 Å². The molecule has 2 aliphatic heterocycles. The smallest absolute Gasteiger partial charge is 0.412 e. The SMILES string of the molecule is CC(Cn1cc(Cl)cn1)c1nc2c3c(ccc2n1[C@@H]1CCCNCC1)N(C(=O)O)[C@@H](C)CC3. The Hall–Kier alpha value is -2.58. The summed E-state index contributed by atoms with van der Waals surface area (Å²) in [7, 11) is 0. The maximum Gasteiger partial charge on any atom is 0.412 e. The maximum absolute atomic E-state index is 12.0. The second-order valence-electron chi connectivity index (χ2n) is 9.43. The van der Waals surface area contributed by atoms with Gasteiger partial charge in [-0.3, -0.25) is 9.58 Å². The van der Waals surface area contributed by atoms with Crippen LogP contribution in [0.3, 0.4) is 0 Å². The predicted molar refractivity (Wildman–Crippen MR) is 129 cm³/mol. The Bertz CT molecular complexity index is 1160. The maximum atomic E-state index is 12.0. The number of hydrogen-bond acceptors (Lipinski definition) is 4. The van der Waals surface area contributed by atoms with E-state index in [2.05, 4.69) is 28.0 Å². The lowest BCUT2D eigenvalue weighted by Crippen LogP contribution is -2.41. The summed E-state index contributed by atoms with van der Waals surface area (Å²) < 4.78 is 4.30. The van der Waals surface area contributed by atoms with E-state index < -0.39 is 6.09 Å². The second kappa shape index (κ2) is 8.99. The molecule has 9 heteroatoms. The summed E-state index contributed by atoms with van der Waals surface area (Å²) >= 11 is 6.09. The van der Waals surface area contributed by atoms with Gasteiger partial charge in [-0.1, -0.05) is 18.5 Å². The average molecular weight is 471 g/mol. The molecule has 0 bridgehead atoms. The summed E-state index contributed by atoms with van der Waals surface area (Å²) in [6.45, 7) is 6.87. The van der Waals surface area contributed by atoms with Gasteiger partial charge < -0.3 is 15.0 Å². The lowest BCUT2D eigenvalue weighted by Gasteiger charge is -2.33. The first-order valence-corrected chi connectivity index (χ1v) is 12.3. The van der Waals surface area contributed by atoms with E-state index in [-0.39, 0.29) is 12.0 Å². The van der Waals surface area contributed by atoms with Gasteiger partial charge in [0.05, 0.1) is 34.5 Å². The van der Waals surface area contributed by atoms with E-state index in [9.17, 15) is 9.90 Å². The number of aryl methyl sites for hydroxylation is 1. The Balaban J connectivity index is 1.64. The molecule has 1 unspecified atom stereocenters. The molecular weight excluding hydrogens is 440 g/mol. The van der Waals surface area contributed by atoms with E-state index in [0.717, 1.165) is 73.3 Å². The van der Waals surface area contributed by atoms with Crippen molar-refractivity contribution in [2.24, 2.45) is 0 Å². The first-order chi connectivity index (χ1) is 15.9. The number of imidazole rings is 1. The van der Waals surface area contributed by atoms with E-state index >= 15 is 0 Å². The molecule has 0 radical (unpaired) electrons. The first kappa shape index (κ1) is 22.2. The molecule has 1 amide bonds. The van der Waals surface area contributed by atoms with Gasteiger partial charge in [0.1, 0.15) is 5.82 Å². The van der Waals surface area contributed by atoms with E-state index in [1.165, 1.54) is 4.90 Å². The average Bonchev–Trinajstić information content (AvgIpc) is 3.26. The summed E-state index contributed by atoms with van der Waals surface area (Å²) in [5.74, 6) is 1.16. The number of hydrogen-bond donors (Lipinski definition) is 2. The standard InChI is InChI=1S/C24H31ClN6O2/c1-15(13-29-14-17(25)12-27-29)23-28-22-19-6-5-16(2)30(24(32)33)20(19)7-8-21(22)31(23)18-4-3-10-26-11-9-18/h7-8,12,14-16,18,26H,3-6,9-11,13H2,1-2H3,(H,32,33)/t15?,16-,18+/m0/s1. The largest absolute Gasteiger partial charge is 0.465 e. The Morgan fingerprint density at radius 2 is 2.15 bits per heavy atom. The van der Waals surface area contributed by atoms with Gasteiger partial charge in [-0.25, -0.2) is 9.78 Å². The minimum Gasteiger partial charge on any atom is -0.465 e. The minimum absolute atomic E-state index is 0.0366. The van der Waals surface area contributed by atoms with Crippen LogP contribution in [-0.4, -0.2) is 49.7 Å². The monoisotopic (exact) mass is 470 g/mol. The summed E-state index contributed by atoms with van der Waals surface area (Å²) in [6.07, 6.45) is 7.51. The van der Waals surface area contributed by atoms with Gasteiger partial charge in [0.2, 0.25) is 0 Å². The highest BCUT2D eigenvalue weighted by molar-refractivity contribution is 6.30. The molecule has 33 heavy (non-hydrogen) atoms. The number of nitrogens with zero attached hydrogens (tertiary/aromatic N) is 5. The van der Waals surface area contributed by atoms with Crippen molar-refractivity contribution in [3.8, 4) is 0 Å². The number of fused-ring (bicyclic) bond motifs is 3. The van der Waals surface area contributed by atoms with E-state index in [1.54, 1.807) is 6.20 Å². The molecule has 1 aromatic carbocycles. The zero-order valence-electron chi connectivity index (χ0n) is 19.2. The fourth-order valence-electron chi connectivity index (χ4n) is 5.50. The number of halogens is 1. The Morgan fingerprint density at radius 3 is 2.91 bits per heavy atom. The quantitative estimate of drug-likeness (QED) is 0.570. The third-order valence-corrected chi connectivity index (χ3v) is 7.30. The molecule has 3 atom stereocenters. The van der Waals surface area contributed by atoms with E-state index in [0.29, 0.717) is 17.6 Å². The van der Waals surface area contributed by atoms with Crippen LogP contribution < -0.4 is 10.2 Å². The molecule has 5 rings (SSSR count). The summed E-state index contributed by atoms with van der Waals surface area (Å²) in [4.78, 5) is 18.7. The van der Waals surface area contributed by atoms with Crippen LogP contribution in [0.5, 0.6) is 0 Å². The van der Waals surface area contributed by atoms with Gasteiger partial charge in [0.25, 0.3) is 0 Å². The number of carbonyl (C=O) groups is 1. The number of nitrogens with one attached hydrogen (secondary N) is 1. The molecular formula is C24H31ClN6O2. The molecule has 8 nitrogen and oxygen atoms in total. The minimum atomic E-state index is -0.902. The van der Waals surface area contributed by atoms with E-state index in [1.807, 2.05) is 23.9 Å². The van der Waals surface area contributed by atoms with Gasteiger partial charge in [-0.2, -0.15) is 5.10 Å². The zero-order valence-corrected chi connectivity index (χ0v) is 19.9. The predicted octanol–water partition coefficient (Wildman–Crippen LogP) is 4.82. The molecule has 2 aliphatic rings. The Labute approximate surface area is 198 Å². The van der Waals surface area contributed by atoms with Crippen molar-refractivity contribution in [2.75, 3.05) is 18.0 Å². The number of benzene rings is 1. The third-order valence-electron chi connectivity index (χ3n) is 7.10. The molecule has 176 valence electrons.